The molecule has 0 aliphatic heterocycles. The molecule has 19 heavy (non-hydrogen) atoms. The van der Waals surface area contributed by atoms with Crippen LogP contribution in [0.2, 0.25) is 0 Å². The zero-order valence-electron chi connectivity index (χ0n) is 11.2. The number of hydrogen-bond donors (Lipinski definition) is 1. The minimum absolute atomic E-state index is 0.612. The van der Waals surface area contributed by atoms with Gasteiger partial charge >= 0.3 is 0 Å². The molecule has 3 rings (SSSR count). The highest BCUT2D eigenvalue weighted by Crippen LogP contribution is 2.40. The fraction of sp³-hybridized carbons (Fsp3) is 0.400. The van der Waals surface area contributed by atoms with Gasteiger partial charge in [-0.15, -0.1) is 0 Å². The summed E-state index contributed by atoms with van der Waals surface area (Å²) in [6.07, 6.45) is 3.49. The number of nitrogens with zero attached hydrogens (tertiary/aromatic N) is 2. The zero-order valence-corrected chi connectivity index (χ0v) is 11.2. The van der Waals surface area contributed by atoms with E-state index in [1.165, 1.54) is 18.4 Å². The highest BCUT2D eigenvalue weighted by Gasteiger charge is 2.24. The number of hydrogen-bond acceptors (Lipinski definition) is 3. The molecule has 100 valence electrons. The van der Waals surface area contributed by atoms with Crippen molar-refractivity contribution in [2.75, 3.05) is 7.11 Å². The van der Waals surface area contributed by atoms with E-state index in [2.05, 4.69) is 17.2 Å². The third kappa shape index (κ3) is 2.24. The maximum Gasteiger partial charge on any atom is 0.162 e. The summed E-state index contributed by atoms with van der Waals surface area (Å²) in [5.41, 5.74) is 2.92. The molecule has 0 spiro atoms. The third-order valence-electron chi connectivity index (χ3n) is 3.73. The third-order valence-corrected chi connectivity index (χ3v) is 3.73. The van der Waals surface area contributed by atoms with Crippen LogP contribution in [0.15, 0.2) is 30.5 Å². The molecule has 1 atom stereocenters. The normalized spacial score (nSPS) is 16.4. The summed E-state index contributed by atoms with van der Waals surface area (Å²) in [4.78, 5) is 0. The molecular formula is C15H18N2O2. The van der Waals surface area contributed by atoms with Gasteiger partial charge in [-0.3, -0.25) is 4.68 Å². The number of aromatic nitrogens is 2. The lowest BCUT2D eigenvalue weighted by Gasteiger charge is -2.13. The first-order valence-corrected chi connectivity index (χ1v) is 6.54. The van der Waals surface area contributed by atoms with Gasteiger partial charge in [-0.2, -0.15) is 5.10 Å². The second-order valence-corrected chi connectivity index (χ2v) is 5.07. The Morgan fingerprint density at radius 2 is 2.00 bits per heavy atom. The first kappa shape index (κ1) is 12.2. The Hall–Kier alpha value is -1.81. The minimum atomic E-state index is -0.712. The molecule has 1 aliphatic carbocycles. The van der Waals surface area contributed by atoms with Gasteiger partial charge in [0, 0.05) is 7.05 Å². The molecule has 1 heterocycles. The number of ether oxygens (including phenoxy) is 1. The summed E-state index contributed by atoms with van der Waals surface area (Å²) >= 11 is 0. The van der Waals surface area contributed by atoms with Crippen LogP contribution in [-0.2, 0) is 7.05 Å². The lowest BCUT2D eigenvalue weighted by atomic mass is 10.0. The van der Waals surface area contributed by atoms with Crippen LogP contribution in [-0.4, -0.2) is 22.0 Å². The van der Waals surface area contributed by atoms with Crippen molar-refractivity contribution < 1.29 is 9.84 Å². The Kier molecular flexibility index (Phi) is 3.03. The van der Waals surface area contributed by atoms with E-state index < -0.39 is 6.10 Å². The van der Waals surface area contributed by atoms with Gasteiger partial charge in [0.05, 0.1) is 13.3 Å². The second-order valence-electron chi connectivity index (χ2n) is 5.07. The van der Waals surface area contributed by atoms with Gasteiger partial charge in [-0.25, -0.2) is 0 Å². The Morgan fingerprint density at radius 3 is 2.58 bits per heavy atom. The number of aryl methyl sites for hydroxylation is 1. The predicted molar refractivity (Wildman–Crippen MR) is 72.2 cm³/mol. The van der Waals surface area contributed by atoms with Crippen molar-refractivity contribution in [3.05, 3.63) is 47.3 Å². The van der Waals surface area contributed by atoms with Gasteiger partial charge in [-0.1, -0.05) is 24.3 Å². The molecule has 4 heteroatoms. The number of aliphatic hydroxyl groups excluding tert-OH is 1. The monoisotopic (exact) mass is 258 g/mol. The van der Waals surface area contributed by atoms with Crippen LogP contribution in [0, 0.1) is 0 Å². The van der Waals surface area contributed by atoms with Gasteiger partial charge in [0.15, 0.2) is 5.75 Å². The van der Waals surface area contributed by atoms with Gasteiger partial charge in [0.25, 0.3) is 0 Å². The minimum Gasteiger partial charge on any atom is -0.493 e. The smallest absolute Gasteiger partial charge is 0.162 e. The van der Waals surface area contributed by atoms with E-state index in [0.717, 1.165) is 11.5 Å². The first-order chi connectivity index (χ1) is 9.20. The topological polar surface area (TPSA) is 47.3 Å². The van der Waals surface area contributed by atoms with Crippen molar-refractivity contribution in [1.82, 2.24) is 9.78 Å². The first-order valence-electron chi connectivity index (χ1n) is 6.54. The van der Waals surface area contributed by atoms with Gasteiger partial charge in [0.1, 0.15) is 11.8 Å². The summed E-state index contributed by atoms with van der Waals surface area (Å²) in [5, 5.41) is 14.6. The number of aliphatic hydroxyl groups is 1. The molecule has 0 saturated heterocycles. The van der Waals surface area contributed by atoms with Crippen molar-refractivity contribution in [2.45, 2.75) is 24.9 Å². The van der Waals surface area contributed by atoms with Crippen molar-refractivity contribution in [3.63, 3.8) is 0 Å². The summed E-state index contributed by atoms with van der Waals surface area (Å²) < 4.78 is 6.89. The van der Waals surface area contributed by atoms with E-state index in [4.69, 9.17) is 4.74 Å². The van der Waals surface area contributed by atoms with Crippen molar-refractivity contribution in [1.29, 1.82) is 0 Å². The molecular weight excluding hydrogens is 240 g/mol. The van der Waals surface area contributed by atoms with Gasteiger partial charge in [0.2, 0.25) is 0 Å². The fourth-order valence-electron chi connectivity index (χ4n) is 2.42. The van der Waals surface area contributed by atoms with E-state index in [-0.39, 0.29) is 0 Å². The second kappa shape index (κ2) is 4.70. The Balaban J connectivity index is 1.89. The quantitative estimate of drug-likeness (QED) is 0.916. The molecule has 1 aromatic heterocycles. The van der Waals surface area contributed by atoms with Crippen LogP contribution >= 0.6 is 0 Å². The van der Waals surface area contributed by atoms with Crippen molar-refractivity contribution in [3.8, 4) is 5.75 Å². The molecule has 1 unspecified atom stereocenters. The molecule has 1 aliphatic rings. The Bertz CT molecular complexity index is 570. The van der Waals surface area contributed by atoms with Gasteiger partial charge < -0.3 is 9.84 Å². The van der Waals surface area contributed by atoms with Crippen molar-refractivity contribution in [2.24, 2.45) is 7.05 Å². The van der Waals surface area contributed by atoms with Crippen LogP contribution < -0.4 is 4.74 Å². The molecule has 2 aromatic rings. The van der Waals surface area contributed by atoms with Gasteiger partial charge in [-0.05, 0) is 29.9 Å². The summed E-state index contributed by atoms with van der Waals surface area (Å²) in [6, 6.07) is 8.20. The van der Waals surface area contributed by atoms with E-state index in [1.807, 2.05) is 12.1 Å². The lowest BCUT2D eigenvalue weighted by molar-refractivity contribution is 0.204. The highest BCUT2D eigenvalue weighted by atomic mass is 16.5. The van der Waals surface area contributed by atoms with E-state index in [9.17, 15) is 5.11 Å². The van der Waals surface area contributed by atoms with E-state index >= 15 is 0 Å². The van der Waals surface area contributed by atoms with E-state index in [1.54, 1.807) is 25.0 Å². The molecule has 0 radical (unpaired) electrons. The number of rotatable bonds is 4. The van der Waals surface area contributed by atoms with Crippen LogP contribution in [0.3, 0.4) is 0 Å². The average molecular weight is 258 g/mol. The molecule has 1 N–H and O–H groups in total. The molecule has 4 nitrogen and oxygen atoms in total. The summed E-state index contributed by atoms with van der Waals surface area (Å²) in [6.45, 7) is 0. The summed E-state index contributed by atoms with van der Waals surface area (Å²) in [5.74, 6) is 1.35. The van der Waals surface area contributed by atoms with Crippen LogP contribution in [0.25, 0.3) is 0 Å². The summed E-state index contributed by atoms with van der Waals surface area (Å²) in [7, 11) is 3.39. The van der Waals surface area contributed by atoms with Crippen LogP contribution in [0.5, 0.6) is 5.75 Å². The molecule has 0 amide bonds. The van der Waals surface area contributed by atoms with Crippen LogP contribution in [0.4, 0.5) is 0 Å². The molecule has 1 fully saturated rings. The standard InChI is InChI=1S/C15H18N2O2/c1-17-14(13(19-2)9-16-17)15(18)12-7-5-11(6-8-12)10-3-4-10/h5-10,15,18H,3-4H2,1-2H3. The highest BCUT2D eigenvalue weighted by molar-refractivity contribution is 5.37. The number of methoxy groups -OCH3 is 1. The number of benzene rings is 1. The fourth-order valence-corrected chi connectivity index (χ4v) is 2.42. The maximum absolute atomic E-state index is 10.5. The zero-order chi connectivity index (χ0) is 13.4. The Morgan fingerprint density at radius 1 is 1.32 bits per heavy atom. The van der Waals surface area contributed by atoms with E-state index in [0.29, 0.717) is 11.4 Å². The van der Waals surface area contributed by atoms with Crippen LogP contribution in [0.1, 0.15) is 41.7 Å². The molecule has 1 aromatic carbocycles. The Labute approximate surface area is 112 Å². The average Bonchev–Trinajstić information content (AvgIpc) is 3.21. The molecule has 1 saturated carbocycles. The predicted octanol–water partition coefficient (Wildman–Crippen LogP) is 2.39. The lowest BCUT2D eigenvalue weighted by Crippen LogP contribution is -2.08. The largest absolute Gasteiger partial charge is 0.493 e. The SMILES string of the molecule is COc1cnn(C)c1C(O)c1ccc(C2CC2)cc1. The van der Waals surface area contributed by atoms with Crippen molar-refractivity contribution >= 4 is 0 Å². The maximum atomic E-state index is 10.5. The molecule has 0 bridgehead atoms.